The van der Waals surface area contributed by atoms with Crippen LogP contribution >= 0.6 is 11.6 Å². The largest absolute Gasteiger partial charge is 0.352 e. The molecule has 0 fully saturated rings. The van der Waals surface area contributed by atoms with Crippen molar-refractivity contribution in [3.8, 4) is 0 Å². The molecule has 0 aliphatic carbocycles. The van der Waals surface area contributed by atoms with E-state index in [9.17, 15) is 14.0 Å². The van der Waals surface area contributed by atoms with E-state index in [2.05, 4.69) is 26.0 Å². The molecule has 0 unspecified atom stereocenters. The lowest BCUT2D eigenvalue weighted by Crippen LogP contribution is -2.42. The van der Waals surface area contributed by atoms with E-state index in [0.717, 1.165) is 0 Å². The third-order valence-electron chi connectivity index (χ3n) is 3.26. The van der Waals surface area contributed by atoms with Gasteiger partial charge in [-0.15, -0.1) is 0 Å². The van der Waals surface area contributed by atoms with E-state index in [-0.39, 0.29) is 41.5 Å². The Balaban J connectivity index is 1.80. The van der Waals surface area contributed by atoms with Crippen molar-refractivity contribution < 1.29 is 14.0 Å². The van der Waals surface area contributed by atoms with Crippen LogP contribution in [0.1, 0.15) is 28.7 Å². The maximum Gasteiger partial charge on any atom is 0.273 e. The quantitative estimate of drug-likeness (QED) is 0.730. The summed E-state index contributed by atoms with van der Waals surface area (Å²) in [7, 11) is 0. The number of amides is 2. The summed E-state index contributed by atoms with van der Waals surface area (Å²) in [6, 6.07) is 3.92. The van der Waals surface area contributed by atoms with Crippen LogP contribution in [0, 0.1) is 12.7 Å². The van der Waals surface area contributed by atoms with E-state index in [1.807, 2.05) is 0 Å². The Morgan fingerprint density at radius 1 is 1.38 bits per heavy atom. The van der Waals surface area contributed by atoms with Crippen molar-refractivity contribution in [3.05, 3.63) is 46.0 Å². The van der Waals surface area contributed by atoms with Crippen molar-refractivity contribution in [2.75, 3.05) is 6.54 Å². The van der Waals surface area contributed by atoms with Gasteiger partial charge in [0.2, 0.25) is 5.91 Å². The second kappa shape index (κ2) is 7.87. The molecule has 9 heteroatoms. The number of hydrogen-bond acceptors (Lipinski definition) is 4. The van der Waals surface area contributed by atoms with Crippen LogP contribution in [-0.4, -0.2) is 39.8 Å². The van der Waals surface area contributed by atoms with Gasteiger partial charge in [0.05, 0.1) is 17.1 Å². The number of nitrogens with zero attached hydrogens (tertiary/aromatic N) is 2. The highest BCUT2D eigenvalue weighted by Gasteiger charge is 2.15. The Morgan fingerprint density at radius 2 is 2.12 bits per heavy atom. The highest BCUT2D eigenvalue weighted by molar-refractivity contribution is 6.30. The third kappa shape index (κ3) is 4.76. The minimum absolute atomic E-state index is 0.0124. The van der Waals surface area contributed by atoms with Crippen LogP contribution in [0.2, 0.25) is 5.02 Å². The summed E-state index contributed by atoms with van der Waals surface area (Å²) in [6.45, 7) is 3.64. The first kappa shape index (κ1) is 17.9. The number of benzene rings is 1. The number of aromatic amines is 1. The number of hydrogen-bond donors (Lipinski definition) is 3. The van der Waals surface area contributed by atoms with Gasteiger partial charge in [0, 0.05) is 12.6 Å². The van der Waals surface area contributed by atoms with Gasteiger partial charge < -0.3 is 10.6 Å². The van der Waals surface area contributed by atoms with Crippen molar-refractivity contribution in [3.63, 3.8) is 0 Å². The fourth-order valence-electron chi connectivity index (χ4n) is 2.04. The fraction of sp³-hybridized carbons (Fsp3) is 0.333. The van der Waals surface area contributed by atoms with Crippen LogP contribution in [0.5, 0.6) is 0 Å². The molecular weight excluding hydrogens is 337 g/mol. The molecule has 0 bridgehead atoms. The van der Waals surface area contributed by atoms with E-state index < -0.39 is 5.82 Å². The molecule has 128 valence electrons. The normalized spacial score (nSPS) is 11.8. The lowest BCUT2D eigenvalue weighted by Gasteiger charge is -2.14. The number of carbonyl (C=O) groups is 2. The zero-order valence-corrected chi connectivity index (χ0v) is 13.9. The molecule has 2 rings (SSSR count). The molecule has 3 N–H and O–H groups in total. The molecule has 0 saturated carbocycles. The third-order valence-corrected chi connectivity index (χ3v) is 3.57. The van der Waals surface area contributed by atoms with Crippen molar-refractivity contribution in [2.45, 2.75) is 26.3 Å². The Kier molecular flexibility index (Phi) is 5.86. The Bertz CT molecular complexity index is 749. The highest BCUT2D eigenvalue weighted by Crippen LogP contribution is 2.15. The number of aryl methyl sites for hydroxylation is 1. The molecular formula is C15H17ClFN5O2. The monoisotopic (exact) mass is 353 g/mol. The SMILES string of the molecule is Cc1n[nH]nc1C(=O)NC[C@@H](C)NC(=O)Cc1ccc(Cl)c(F)c1. The van der Waals surface area contributed by atoms with E-state index in [0.29, 0.717) is 11.3 Å². The van der Waals surface area contributed by atoms with Gasteiger partial charge in [0.1, 0.15) is 5.82 Å². The van der Waals surface area contributed by atoms with Gasteiger partial charge in [-0.1, -0.05) is 17.7 Å². The number of aromatic nitrogens is 3. The molecule has 1 heterocycles. The molecule has 0 spiro atoms. The molecule has 0 radical (unpaired) electrons. The lowest BCUT2D eigenvalue weighted by atomic mass is 10.1. The summed E-state index contributed by atoms with van der Waals surface area (Å²) in [4.78, 5) is 23.8. The summed E-state index contributed by atoms with van der Waals surface area (Å²) < 4.78 is 13.3. The van der Waals surface area contributed by atoms with Crippen molar-refractivity contribution in [2.24, 2.45) is 0 Å². The van der Waals surface area contributed by atoms with Gasteiger partial charge in [-0.05, 0) is 31.5 Å². The molecule has 0 aliphatic rings. The van der Waals surface area contributed by atoms with Gasteiger partial charge in [-0.2, -0.15) is 15.4 Å². The zero-order chi connectivity index (χ0) is 17.7. The number of H-pyrrole nitrogens is 1. The van der Waals surface area contributed by atoms with Crippen molar-refractivity contribution in [1.82, 2.24) is 26.0 Å². The Labute approximate surface area is 143 Å². The van der Waals surface area contributed by atoms with E-state index in [1.165, 1.54) is 12.1 Å². The maximum atomic E-state index is 13.3. The first-order valence-corrected chi connectivity index (χ1v) is 7.63. The number of rotatable bonds is 6. The molecule has 2 aromatic rings. The summed E-state index contributed by atoms with van der Waals surface area (Å²) >= 11 is 5.60. The standard InChI is InChI=1S/C15H17ClFN5O2/c1-8(7-18-15(24)14-9(2)20-22-21-14)19-13(23)6-10-3-4-11(16)12(17)5-10/h3-5,8H,6-7H2,1-2H3,(H,18,24)(H,19,23)(H,20,21,22)/t8-/m1/s1. The van der Waals surface area contributed by atoms with Crippen molar-refractivity contribution >= 4 is 23.4 Å². The molecule has 0 aliphatic heterocycles. The molecule has 7 nitrogen and oxygen atoms in total. The molecule has 2 amide bonds. The topological polar surface area (TPSA) is 99.8 Å². The van der Waals surface area contributed by atoms with Gasteiger partial charge in [0.15, 0.2) is 5.69 Å². The summed E-state index contributed by atoms with van der Waals surface area (Å²) in [5.74, 6) is -1.22. The molecule has 24 heavy (non-hydrogen) atoms. The van der Waals surface area contributed by atoms with Gasteiger partial charge >= 0.3 is 0 Å². The van der Waals surface area contributed by atoms with E-state index in [1.54, 1.807) is 19.9 Å². The average molecular weight is 354 g/mol. The number of nitrogens with one attached hydrogen (secondary N) is 3. The first-order valence-electron chi connectivity index (χ1n) is 7.25. The fourth-order valence-corrected chi connectivity index (χ4v) is 2.16. The second-order valence-corrected chi connectivity index (χ2v) is 5.77. The van der Waals surface area contributed by atoms with Crippen LogP contribution in [0.3, 0.4) is 0 Å². The average Bonchev–Trinajstić information content (AvgIpc) is 2.94. The van der Waals surface area contributed by atoms with E-state index in [4.69, 9.17) is 11.6 Å². The Morgan fingerprint density at radius 3 is 2.75 bits per heavy atom. The van der Waals surface area contributed by atoms with Crippen LogP contribution < -0.4 is 10.6 Å². The Hall–Kier alpha value is -2.48. The molecule has 1 atom stereocenters. The highest BCUT2D eigenvalue weighted by atomic mass is 35.5. The lowest BCUT2D eigenvalue weighted by molar-refractivity contribution is -0.121. The minimum Gasteiger partial charge on any atom is -0.352 e. The molecule has 1 aromatic carbocycles. The summed E-state index contributed by atoms with van der Waals surface area (Å²) in [5, 5.41) is 15.3. The number of carbonyl (C=O) groups excluding carboxylic acids is 2. The van der Waals surface area contributed by atoms with E-state index >= 15 is 0 Å². The predicted octanol–water partition coefficient (Wildman–Crippen LogP) is 1.38. The maximum absolute atomic E-state index is 13.3. The van der Waals surface area contributed by atoms with Crippen LogP contribution in [0.15, 0.2) is 18.2 Å². The van der Waals surface area contributed by atoms with Crippen molar-refractivity contribution in [1.29, 1.82) is 0 Å². The van der Waals surface area contributed by atoms with Gasteiger partial charge in [-0.25, -0.2) is 4.39 Å². The smallest absolute Gasteiger partial charge is 0.273 e. The van der Waals surface area contributed by atoms with Gasteiger partial charge in [-0.3, -0.25) is 9.59 Å². The summed E-state index contributed by atoms with van der Waals surface area (Å²) in [5.41, 5.74) is 1.22. The first-order chi connectivity index (χ1) is 11.4. The zero-order valence-electron chi connectivity index (χ0n) is 13.2. The predicted molar refractivity (Wildman–Crippen MR) is 86.2 cm³/mol. The molecule has 0 saturated heterocycles. The minimum atomic E-state index is -0.565. The second-order valence-electron chi connectivity index (χ2n) is 5.36. The van der Waals surface area contributed by atoms with Gasteiger partial charge in [0.25, 0.3) is 5.91 Å². The summed E-state index contributed by atoms with van der Waals surface area (Å²) in [6.07, 6.45) is 0.0226. The van der Waals surface area contributed by atoms with Crippen LogP contribution in [-0.2, 0) is 11.2 Å². The van der Waals surface area contributed by atoms with Crippen LogP contribution in [0.25, 0.3) is 0 Å². The van der Waals surface area contributed by atoms with Crippen LogP contribution in [0.4, 0.5) is 4.39 Å². The molecule has 1 aromatic heterocycles. The number of halogens is 2.